The monoisotopic (exact) mass is 787 g/mol. The second-order valence-corrected chi connectivity index (χ2v) is 14.6. The third kappa shape index (κ3) is 12.1. The Labute approximate surface area is 326 Å². The highest BCUT2D eigenvalue weighted by Crippen LogP contribution is 2.29. The molecule has 1 aromatic heterocycles. The van der Waals surface area contributed by atoms with Gasteiger partial charge in [0, 0.05) is 36.5 Å². The molecule has 0 fully saturated rings. The van der Waals surface area contributed by atoms with E-state index in [0.29, 0.717) is 11.1 Å². The number of aliphatic carboxylic acids is 1. The van der Waals surface area contributed by atoms with Gasteiger partial charge >= 0.3 is 18.2 Å². The maximum absolute atomic E-state index is 14.2. The van der Waals surface area contributed by atoms with Crippen LogP contribution in [-0.4, -0.2) is 70.1 Å². The van der Waals surface area contributed by atoms with Crippen LogP contribution in [0, 0.1) is 0 Å². The Morgan fingerprint density at radius 3 is 2.09 bits per heavy atom. The predicted molar refractivity (Wildman–Crippen MR) is 207 cm³/mol. The van der Waals surface area contributed by atoms with Crippen LogP contribution in [0.15, 0.2) is 97.2 Å². The Hall–Kier alpha value is -6.38. The molecule has 0 saturated heterocycles. The highest BCUT2D eigenvalue weighted by Gasteiger charge is 2.33. The van der Waals surface area contributed by atoms with Gasteiger partial charge in [-0.3, -0.25) is 19.2 Å². The van der Waals surface area contributed by atoms with Gasteiger partial charge in [-0.2, -0.15) is 13.2 Å². The van der Waals surface area contributed by atoms with Gasteiger partial charge in [-0.1, -0.05) is 78.9 Å². The fourth-order valence-electron chi connectivity index (χ4n) is 6.28. The number of carboxylic acid groups (broad SMARTS) is 1. The number of rotatable bonds is 15. The molecule has 0 saturated carbocycles. The molecule has 3 atom stereocenters. The van der Waals surface area contributed by atoms with E-state index in [1.165, 1.54) is 12.1 Å². The number of alkyl halides is 3. The summed E-state index contributed by atoms with van der Waals surface area (Å²) in [6, 6.07) is 20.7. The molecule has 6 N–H and O–H groups in total. The molecule has 1 heterocycles. The molecule has 0 aliphatic rings. The number of para-hydroxylation sites is 1. The van der Waals surface area contributed by atoms with Crippen molar-refractivity contribution < 1.29 is 47.0 Å². The first kappa shape index (κ1) is 41.8. The summed E-state index contributed by atoms with van der Waals surface area (Å²) < 4.78 is 45.0. The number of aromatic nitrogens is 1. The van der Waals surface area contributed by atoms with Crippen molar-refractivity contribution in [3.05, 3.63) is 119 Å². The molecular formula is C42H44F3N5O7. The summed E-state index contributed by atoms with van der Waals surface area (Å²) in [6.45, 7) is 4.84. The fraction of sp³-hybridized carbons (Fsp3) is 0.310. The SMILES string of the molecule is CC(C)(C)OC(=O)N[C@@H](Cc1c[nH]c2ccccc12)C(=O)N[C@H](Cc1ccc2ccccc2c1)C(=O)N[C@H](CC(=O)O)C(=O)NCCc1cccc(C(F)(F)F)c1. The Morgan fingerprint density at radius 1 is 0.719 bits per heavy atom. The molecule has 4 aromatic carbocycles. The summed E-state index contributed by atoms with van der Waals surface area (Å²) in [6.07, 6.45) is -4.66. The lowest BCUT2D eigenvalue weighted by atomic mass is 9.99. The van der Waals surface area contributed by atoms with Gasteiger partial charge < -0.3 is 36.1 Å². The van der Waals surface area contributed by atoms with E-state index in [0.717, 1.165) is 33.8 Å². The molecule has 0 unspecified atom stereocenters. The average molecular weight is 788 g/mol. The Kier molecular flexibility index (Phi) is 13.2. The normalized spacial score (nSPS) is 13.3. The zero-order valence-corrected chi connectivity index (χ0v) is 31.5. The zero-order valence-electron chi connectivity index (χ0n) is 31.5. The number of carbonyl (C=O) groups excluding carboxylic acids is 4. The average Bonchev–Trinajstić information content (AvgIpc) is 3.55. The van der Waals surface area contributed by atoms with E-state index in [9.17, 15) is 42.3 Å². The molecule has 5 rings (SSSR count). The molecule has 0 spiro atoms. The van der Waals surface area contributed by atoms with Gasteiger partial charge in [-0.05, 0) is 66.8 Å². The van der Waals surface area contributed by atoms with Gasteiger partial charge in [-0.15, -0.1) is 0 Å². The van der Waals surface area contributed by atoms with Crippen LogP contribution in [0.3, 0.4) is 0 Å². The van der Waals surface area contributed by atoms with Gasteiger partial charge in [0.15, 0.2) is 0 Å². The third-order valence-electron chi connectivity index (χ3n) is 8.97. The second kappa shape index (κ2) is 18.0. The number of H-pyrrole nitrogens is 1. The molecule has 0 aliphatic heterocycles. The largest absolute Gasteiger partial charge is 0.481 e. The first-order valence-electron chi connectivity index (χ1n) is 18.2. The molecule has 300 valence electrons. The van der Waals surface area contributed by atoms with E-state index >= 15 is 0 Å². The maximum atomic E-state index is 14.2. The van der Waals surface area contributed by atoms with Crippen LogP contribution in [0.25, 0.3) is 21.7 Å². The van der Waals surface area contributed by atoms with Crippen LogP contribution in [0.5, 0.6) is 0 Å². The number of ether oxygens (including phenoxy) is 1. The molecule has 0 bridgehead atoms. The van der Waals surface area contributed by atoms with Crippen molar-refractivity contribution in [3.63, 3.8) is 0 Å². The number of hydrogen-bond acceptors (Lipinski definition) is 6. The number of halogens is 3. The van der Waals surface area contributed by atoms with Gasteiger partial charge in [0.1, 0.15) is 23.7 Å². The van der Waals surface area contributed by atoms with E-state index in [2.05, 4.69) is 26.3 Å². The van der Waals surface area contributed by atoms with Crippen LogP contribution < -0.4 is 21.3 Å². The van der Waals surface area contributed by atoms with E-state index < -0.39 is 71.7 Å². The molecule has 57 heavy (non-hydrogen) atoms. The van der Waals surface area contributed by atoms with Crippen LogP contribution >= 0.6 is 0 Å². The Balaban J connectivity index is 1.38. The fourth-order valence-corrected chi connectivity index (χ4v) is 6.28. The van der Waals surface area contributed by atoms with Gasteiger partial charge in [0.25, 0.3) is 0 Å². The third-order valence-corrected chi connectivity index (χ3v) is 8.97. The van der Waals surface area contributed by atoms with Crippen molar-refractivity contribution in [2.24, 2.45) is 0 Å². The molecule has 12 nitrogen and oxygen atoms in total. The van der Waals surface area contributed by atoms with Crippen LogP contribution in [0.1, 0.15) is 49.4 Å². The van der Waals surface area contributed by atoms with E-state index in [1.807, 2.05) is 60.7 Å². The number of aromatic amines is 1. The topological polar surface area (TPSA) is 179 Å². The number of amides is 4. The van der Waals surface area contributed by atoms with Gasteiger partial charge in [0.05, 0.1) is 12.0 Å². The number of fused-ring (bicyclic) bond motifs is 2. The van der Waals surface area contributed by atoms with Crippen LogP contribution in [0.4, 0.5) is 18.0 Å². The van der Waals surface area contributed by atoms with Crippen molar-refractivity contribution in [2.75, 3.05) is 6.54 Å². The lowest BCUT2D eigenvalue weighted by Gasteiger charge is -2.26. The van der Waals surface area contributed by atoms with Crippen molar-refractivity contribution in [1.82, 2.24) is 26.3 Å². The summed E-state index contributed by atoms with van der Waals surface area (Å²) >= 11 is 0. The summed E-state index contributed by atoms with van der Waals surface area (Å²) in [4.78, 5) is 69.5. The Morgan fingerprint density at radius 2 is 1.39 bits per heavy atom. The van der Waals surface area contributed by atoms with Crippen molar-refractivity contribution in [1.29, 1.82) is 0 Å². The smallest absolute Gasteiger partial charge is 0.416 e. The van der Waals surface area contributed by atoms with Crippen molar-refractivity contribution in [2.45, 2.75) is 76.4 Å². The molecule has 0 radical (unpaired) electrons. The lowest BCUT2D eigenvalue weighted by molar-refractivity contribution is -0.141. The number of carboxylic acids is 1. The lowest BCUT2D eigenvalue weighted by Crippen LogP contribution is -2.58. The van der Waals surface area contributed by atoms with Crippen LogP contribution in [-0.2, 0) is 49.4 Å². The molecular weight excluding hydrogens is 743 g/mol. The summed E-state index contributed by atoms with van der Waals surface area (Å²) in [5.41, 5.74) is 0.659. The first-order valence-corrected chi connectivity index (χ1v) is 18.2. The standard InChI is InChI=1S/C42H44F3N5O7/c1-41(2,3)57-40(56)50-34(22-29-24-47-32-14-7-6-13-31(29)32)39(55)48-33(21-26-15-16-27-10-4-5-11-28(27)19-26)38(54)49-35(23-36(51)52)37(53)46-18-17-25-9-8-12-30(20-25)42(43,44)45/h4-16,19-20,24,33-35,47H,17-18,21-23H2,1-3H3,(H,46,53)(H,48,55)(H,49,54)(H,50,56)(H,51,52)/t33-,34+,35-/m1/s1. The second-order valence-electron chi connectivity index (χ2n) is 14.6. The highest BCUT2D eigenvalue weighted by atomic mass is 19.4. The highest BCUT2D eigenvalue weighted by molar-refractivity contribution is 5.96. The minimum atomic E-state index is -4.56. The molecule has 4 amide bonds. The van der Waals surface area contributed by atoms with E-state index in [4.69, 9.17) is 4.74 Å². The van der Waals surface area contributed by atoms with Gasteiger partial charge in [0.2, 0.25) is 17.7 Å². The van der Waals surface area contributed by atoms with Crippen LogP contribution in [0.2, 0.25) is 0 Å². The van der Waals surface area contributed by atoms with E-state index in [1.54, 1.807) is 33.0 Å². The Bertz CT molecular complexity index is 2250. The summed E-state index contributed by atoms with van der Waals surface area (Å²) in [7, 11) is 0. The number of hydrogen-bond donors (Lipinski definition) is 6. The number of carbonyl (C=O) groups is 5. The maximum Gasteiger partial charge on any atom is 0.416 e. The predicted octanol–water partition coefficient (Wildman–Crippen LogP) is 5.82. The van der Waals surface area contributed by atoms with E-state index in [-0.39, 0.29) is 31.4 Å². The van der Waals surface area contributed by atoms with Crippen molar-refractivity contribution >= 4 is 51.5 Å². The van der Waals surface area contributed by atoms with Crippen molar-refractivity contribution in [3.8, 4) is 0 Å². The minimum absolute atomic E-state index is 0.00464. The minimum Gasteiger partial charge on any atom is -0.481 e. The summed E-state index contributed by atoms with van der Waals surface area (Å²) in [5, 5.41) is 22.5. The first-order chi connectivity index (χ1) is 26.9. The number of nitrogens with one attached hydrogen (secondary N) is 5. The number of alkyl carbamates (subject to hydrolysis) is 1. The summed E-state index contributed by atoms with van der Waals surface area (Å²) in [5.74, 6) is -3.95. The molecule has 5 aromatic rings. The number of benzene rings is 4. The quantitative estimate of drug-likeness (QED) is 0.0774. The molecule has 15 heteroatoms. The van der Waals surface area contributed by atoms with Gasteiger partial charge in [-0.25, -0.2) is 4.79 Å². The molecule has 0 aliphatic carbocycles. The zero-order chi connectivity index (χ0) is 41.3.